The van der Waals surface area contributed by atoms with E-state index in [4.69, 9.17) is 9.47 Å². The van der Waals surface area contributed by atoms with E-state index in [1.54, 1.807) is 15.9 Å². The topological polar surface area (TPSA) is 96.4 Å². The second kappa shape index (κ2) is 12.7. The number of likely N-dealkylation sites (tertiary alicyclic amines) is 1. The number of carboxylic acids is 1. The highest BCUT2D eigenvalue weighted by atomic mass is 32.1. The minimum absolute atomic E-state index is 0.000706. The molecule has 3 heterocycles. The molecule has 0 atom stereocenters. The number of piperidine rings is 1. The summed E-state index contributed by atoms with van der Waals surface area (Å²) >= 11 is 1.13. The van der Waals surface area contributed by atoms with Gasteiger partial charge in [-0.05, 0) is 71.3 Å². The molecule has 1 N–H and O–H groups in total. The molecule has 0 aromatic carbocycles. The Morgan fingerprint density at radius 1 is 1.05 bits per heavy atom. The van der Waals surface area contributed by atoms with Gasteiger partial charge in [0, 0.05) is 43.3 Å². The number of carboxylic acid groups (broad SMARTS) is 1. The maximum Gasteiger partial charge on any atom is 0.410 e. The van der Waals surface area contributed by atoms with Crippen LogP contribution in [0, 0.1) is 29.1 Å². The van der Waals surface area contributed by atoms with Gasteiger partial charge in [0.15, 0.2) is 0 Å². The largest absolute Gasteiger partial charge is 0.477 e. The zero-order valence-electron chi connectivity index (χ0n) is 23.7. The van der Waals surface area contributed by atoms with Crippen molar-refractivity contribution in [3.63, 3.8) is 0 Å². The number of carbonyl (C=O) groups is 3. The summed E-state index contributed by atoms with van der Waals surface area (Å²) < 4.78 is 11.1. The van der Waals surface area contributed by atoms with Crippen molar-refractivity contribution in [2.24, 2.45) is 17.3 Å². The number of aromatic carboxylic acids is 1. The van der Waals surface area contributed by atoms with Gasteiger partial charge in [-0.15, -0.1) is 11.3 Å². The third kappa shape index (κ3) is 7.76. The molecule has 3 aliphatic rings. The second-order valence-electron chi connectivity index (χ2n) is 12.2. The van der Waals surface area contributed by atoms with E-state index in [1.165, 1.54) is 0 Å². The minimum atomic E-state index is -1.05. The first-order valence-corrected chi connectivity index (χ1v) is 15.1. The van der Waals surface area contributed by atoms with E-state index >= 15 is 0 Å². The molecule has 1 saturated carbocycles. The van der Waals surface area contributed by atoms with Gasteiger partial charge in [-0.1, -0.05) is 18.8 Å². The van der Waals surface area contributed by atoms with Crippen molar-refractivity contribution >= 4 is 35.0 Å². The number of nitrogens with zero attached hydrogens (tertiary/aromatic N) is 2. The molecule has 2 saturated heterocycles. The highest BCUT2D eigenvalue weighted by Crippen LogP contribution is 2.38. The molecular weight excluding hydrogens is 516 g/mol. The lowest BCUT2D eigenvalue weighted by atomic mass is 9.82. The van der Waals surface area contributed by atoms with Crippen molar-refractivity contribution in [1.82, 2.24) is 4.90 Å². The van der Waals surface area contributed by atoms with Crippen molar-refractivity contribution < 1.29 is 29.0 Å². The predicted molar refractivity (Wildman–Crippen MR) is 151 cm³/mol. The maximum atomic E-state index is 14.1. The molecule has 0 unspecified atom stereocenters. The molecule has 214 valence electrons. The Morgan fingerprint density at radius 3 is 2.28 bits per heavy atom. The third-order valence-electron chi connectivity index (χ3n) is 7.85. The van der Waals surface area contributed by atoms with Crippen LogP contribution in [-0.4, -0.2) is 66.4 Å². The van der Waals surface area contributed by atoms with Gasteiger partial charge in [0.25, 0.3) is 0 Å². The van der Waals surface area contributed by atoms with E-state index in [0.717, 1.165) is 37.0 Å². The first-order valence-electron chi connectivity index (χ1n) is 14.3. The number of amides is 2. The molecular formula is C30H42N2O6S. The molecule has 4 rings (SSSR count). The lowest BCUT2D eigenvalue weighted by molar-refractivity contribution is -0.124. The van der Waals surface area contributed by atoms with E-state index in [-0.39, 0.29) is 40.4 Å². The van der Waals surface area contributed by atoms with Crippen LogP contribution in [0.5, 0.6) is 0 Å². The van der Waals surface area contributed by atoms with Crippen molar-refractivity contribution in [2.75, 3.05) is 31.2 Å². The predicted octanol–water partition coefficient (Wildman–Crippen LogP) is 5.78. The van der Waals surface area contributed by atoms with E-state index in [1.807, 2.05) is 20.8 Å². The summed E-state index contributed by atoms with van der Waals surface area (Å²) in [5, 5.41) is 10.1. The molecule has 0 bridgehead atoms. The van der Waals surface area contributed by atoms with Crippen LogP contribution >= 0.6 is 11.3 Å². The number of carbonyl (C=O) groups excluding carboxylic acids is 2. The molecule has 39 heavy (non-hydrogen) atoms. The summed E-state index contributed by atoms with van der Waals surface area (Å²) in [6, 6.07) is 1.59. The van der Waals surface area contributed by atoms with Gasteiger partial charge in [0.2, 0.25) is 5.91 Å². The molecule has 1 aliphatic carbocycles. The second-order valence-corrected chi connectivity index (χ2v) is 13.3. The average molecular weight is 559 g/mol. The van der Waals surface area contributed by atoms with Crippen LogP contribution in [-0.2, 0) is 14.3 Å². The molecule has 3 fully saturated rings. The molecule has 1 aromatic rings. The van der Waals surface area contributed by atoms with Crippen LogP contribution in [0.2, 0.25) is 0 Å². The van der Waals surface area contributed by atoms with Gasteiger partial charge in [0.1, 0.15) is 11.0 Å². The zero-order valence-corrected chi connectivity index (χ0v) is 24.5. The zero-order chi connectivity index (χ0) is 28.2. The third-order valence-corrected chi connectivity index (χ3v) is 8.88. The van der Waals surface area contributed by atoms with Gasteiger partial charge in [0.05, 0.1) is 23.8 Å². The first-order chi connectivity index (χ1) is 18.5. The summed E-state index contributed by atoms with van der Waals surface area (Å²) in [6.07, 6.45) is 5.74. The molecule has 0 radical (unpaired) electrons. The Labute approximate surface area is 236 Å². The standard InChI is InChI=1S/C30H42N2O6S/c1-20-5-7-21(8-6-20)27(33)32(25-19-24(9-14-30(2,3)4)39-26(25)28(34)35)22-10-15-31(16-11-22)29(36)38-23-12-17-37-18-13-23/h19-23H,5-8,10-13,15-18H2,1-4H3,(H,34,35)/t20-,21-. The van der Waals surface area contributed by atoms with Crippen molar-refractivity contribution in [3.8, 4) is 11.8 Å². The van der Waals surface area contributed by atoms with Crippen LogP contribution in [0.4, 0.5) is 10.5 Å². The van der Waals surface area contributed by atoms with Gasteiger partial charge < -0.3 is 24.4 Å². The quantitative estimate of drug-likeness (QED) is 0.460. The SMILES string of the molecule is CC(C)(C)C#Cc1cc(N(C(=O)[C@H]2CC[C@H](C)CC2)C2CCN(C(=O)OC3CCOCC3)CC2)c(C(=O)O)s1. The summed E-state index contributed by atoms with van der Waals surface area (Å²) in [4.78, 5) is 43.5. The van der Waals surface area contributed by atoms with E-state index < -0.39 is 5.97 Å². The first kappa shape index (κ1) is 29.4. The molecule has 8 nitrogen and oxygen atoms in total. The Balaban J connectivity index is 1.56. The Hall–Kier alpha value is -2.57. The highest BCUT2D eigenvalue weighted by Gasteiger charge is 2.38. The van der Waals surface area contributed by atoms with Crippen molar-refractivity contribution in [3.05, 3.63) is 15.8 Å². The van der Waals surface area contributed by atoms with E-state index in [0.29, 0.717) is 68.5 Å². The number of hydrogen-bond donors (Lipinski definition) is 1. The fraction of sp³-hybridized carbons (Fsp3) is 0.700. The Morgan fingerprint density at radius 2 is 1.69 bits per heavy atom. The van der Waals surface area contributed by atoms with Gasteiger partial charge >= 0.3 is 12.1 Å². The summed E-state index contributed by atoms with van der Waals surface area (Å²) in [5.41, 5.74) is 0.214. The van der Waals surface area contributed by atoms with Crippen molar-refractivity contribution in [1.29, 1.82) is 0 Å². The summed E-state index contributed by atoms with van der Waals surface area (Å²) in [7, 11) is 0. The Kier molecular flexibility index (Phi) is 9.60. The Bertz CT molecular complexity index is 1090. The lowest BCUT2D eigenvalue weighted by Crippen LogP contribution is -2.51. The number of rotatable bonds is 5. The molecule has 2 amide bonds. The fourth-order valence-electron chi connectivity index (χ4n) is 5.54. The van der Waals surface area contributed by atoms with Gasteiger partial charge in [-0.2, -0.15) is 0 Å². The van der Waals surface area contributed by atoms with E-state index in [9.17, 15) is 19.5 Å². The number of thiophene rings is 1. The van der Waals surface area contributed by atoms with Crippen LogP contribution in [0.3, 0.4) is 0 Å². The average Bonchev–Trinajstić information content (AvgIpc) is 3.33. The van der Waals surface area contributed by atoms with Crippen LogP contribution in [0.25, 0.3) is 0 Å². The van der Waals surface area contributed by atoms with E-state index in [2.05, 4.69) is 18.8 Å². The normalized spacial score (nSPS) is 23.0. The van der Waals surface area contributed by atoms with Gasteiger partial charge in [-0.3, -0.25) is 4.79 Å². The van der Waals surface area contributed by atoms with Gasteiger partial charge in [-0.25, -0.2) is 9.59 Å². The van der Waals surface area contributed by atoms with Crippen molar-refractivity contribution in [2.45, 2.75) is 91.2 Å². The highest BCUT2D eigenvalue weighted by molar-refractivity contribution is 7.15. The molecule has 0 spiro atoms. The smallest absolute Gasteiger partial charge is 0.410 e. The number of ether oxygens (including phenoxy) is 2. The molecule has 9 heteroatoms. The molecule has 1 aromatic heterocycles. The lowest BCUT2D eigenvalue weighted by Gasteiger charge is -2.40. The van der Waals surface area contributed by atoms with Crippen LogP contribution in [0.15, 0.2) is 6.07 Å². The monoisotopic (exact) mass is 558 g/mol. The summed E-state index contributed by atoms with van der Waals surface area (Å²) in [5.74, 6) is 5.74. The summed E-state index contributed by atoms with van der Waals surface area (Å²) in [6.45, 7) is 10.4. The number of hydrogen-bond acceptors (Lipinski definition) is 6. The minimum Gasteiger partial charge on any atom is -0.477 e. The molecule has 2 aliphatic heterocycles. The fourth-order valence-corrected chi connectivity index (χ4v) is 6.38. The van der Waals surface area contributed by atoms with Crippen LogP contribution < -0.4 is 4.90 Å². The number of anilines is 1. The van der Waals surface area contributed by atoms with Crippen LogP contribution in [0.1, 0.15) is 93.6 Å². The maximum absolute atomic E-state index is 14.1.